The first-order valence-electron chi connectivity index (χ1n) is 48.9. The Bertz CT molecular complexity index is 5580. The fourth-order valence-electron chi connectivity index (χ4n) is 20.8. The van der Waals surface area contributed by atoms with Crippen LogP contribution < -0.4 is 21.3 Å². The number of carbonyl (C=O) groups is 6. The molecule has 12 heterocycles. The molecule has 37 heteroatoms. The number of oxazole rings is 1. The molecular weight excluding hydrogens is 1770 g/mol. The smallest absolute Gasteiger partial charge is 0.329 e. The number of esters is 1. The highest BCUT2D eigenvalue weighted by Gasteiger charge is 2.54. The van der Waals surface area contributed by atoms with Crippen LogP contribution in [0.3, 0.4) is 0 Å². The van der Waals surface area contributed by atoms with Gasteiger partial charge in [-0.3, -0.25) is 28.9 Å². The molecule has 744 valence electrons. The molecule has 7 aliphatic heterocycles. The Morgan fingerprint density at radius 1 is 0.696 bits per heavy atom. The van der Waals surface area contributed by atoms with Crippen molar-refractivity contribution in [3.63, 3.8) is 0 Å². The predicted molar refractivity (Wildman–Crippen MR) is 517 cm³/mol. The van der Waals surface area contributed by atoms with E-state index < -0.39 is 90.7 Å². The molecule has 15 rings (SSSR count). The van der Waals surface area contributed by atoms with Crippen molar-refractivity contribution >= 4 is 87.0 Å². The monoisotopic (exact) mass is 1900 g/mol. The summed E-state index contributed by atoms with van der Waals surface area (Å²) in [5, 5.41) is 45.9. The zero-order valence-electron chi connectivity index (χ0n) is 81.5. The van der Waals surface area contributed by atoms with Crippen molar-refractivity contribution in [1.29, 1.82) is 0 Å². The summed E-state index contributed by atoms with van der Waals surface area (Å²) in [4.78, 5) is 137. The predicted octanol–water partition coefficient (Wildman–Crippen LogP) is 8.83. The number of ether oxygens (including phenoxy) is 7. The summed E-state index contributed by atoms with van der Waals surface area (Å²) in [5.74, 6) is -5.83. The van der Waals surface area contributed by atoms with Crippen molar-refractivity contribution in [3.05, 3.63) is 142 Å². The summed E-state index contributed by atoms with van der Waals surface area (Å²) in [5.41, 5.74) is 22.6. The quantitative estimate of drug-likeness (QED) is 0.0139. The normalized spacial score (nSPS) is 28.6. The van der Waals surface area contributed by atoms with E-state index in [2.05, 4.69) is 70.8 Å². The standard InChI is InChI=1S/C101H137N19O18/c1-61-17-13-12-14-18-62(2)81(130-8)51-75-25-20-67(7)101(129,138-75)92(125)96(127)119-31-16-15-19-78(119)97(128)136-83(64(4)47-68-22-26-79(121)84(49-68)132-10)52-82(131-9)63(3)46-66(6)90(124)91(133-11)88(65(5)45-61)112-135-59-86(123)117-33-29-76-74(58-117)55-106-100(110-76)116-40-38-114(39-41-116)85(122)30-43-134-44-42-113-34-36-115(37-35-113)99-104-53-73(54-105-99)95(126)118-32-28-70-48-69(21-23-72(70)57-118)56-120-94-87(93(102)107-60-108-94)89(111-120)71-24-27-80-77(50-71)109-98(103)137-80/h12-14,17-18,21,23-24,27,46,48,50,53-55,60-61,63-65,67-68,75,78-79,81-84,90-91,121,124,129H,15-16,19-20,22,25-26,28-45,47,49,51-52,56-59H2,1-11H3,(H2,103,109)(H2,102,107,108)/b14-12+,17-13+,62-18+,66-46+,112-88+/t61-,63-,64-,65-,67-,68+,75+,78+,79-,81+,82-,83+,84-,90-,91+,101-/m1/s1. The largest absolute Gasteiger partial charge is 0.460 e. The zero-order valence-corrected chi connectivity index (χ0v) is 81.5. The number of aromatic nitrogens is 9. The summed E-state index contributed by atoms with van der Waals surface area (Å²) in [6, 6.07) is 10.8. The van der Waals surface area contributed by atoms with Crippen LogP contribution in [0.1, 0.15) is 170 Å². The van der Waals surface area contributed by atoms with Crippen molar-refractivity contribution in [2.24, 2.45) is 40.7 Å². The number of piperazine rings is 2. The number of ketones is 1. The number of oxime groups is 1. The van der Waals surface area contributed by atoms with E-state index in [9.17, 15) is 44.1 Å². The van der Waals surface area contributed by atoms with Gasteiger partial charge in [0, 0.05) is 187 Å². The van der Waals surface area contributed by atoms with Crippen LogP contribution in [0.25, 0.3) is 33.4 Å². The molecule has 37 nitrogen and oxygen atoms in total. The van der Waals surface area contributed by atoms with Crippen molar-refractivity contribution in [3.8, 4) is 11.3 Å². The first-order valence-corrected chi connectivity index (χ1v) is 48.9. The van der Waals surface area contributed by atoms with Gasteiger partial charge in [0.25, 0.3) is 29.5 Å². The number of nitrogen functional groups attached to an aromatic ring is 2. The highest BCUT2D eigenvalue weighted by atomic mass is 16.6. The molecule has 7 N–H and O–H groups in total. The Morgan fingerprint density at radius 2 is 1.45 bits per heavy atom. The number of nitrogens with two attached hydrogens (primary N) is 2. The van der Waals surface area contributed by atoms with Gasteiger partial charge in [-0.15, -0.1) is 0 Å². The number of hydrogen-bond donors (Lipinski definition) is 5. The molecular formula is C101H137N19O18. The molecule has 1 aliphatic carbocycles. The van der Waals surface area contributed by atoms with Gasteiger partial charge < -0.3 is 98.6 Å². The number of Topliss-reactive ketones (excluding diaryl/α,β-unsaturated/α-hetero) is 1. The summed E-state index contributed by atoms with van der Waals surface area (Å²) in [6.07, 6.45) is 19.7. The van der Waals surface area contributed by atoms with Gasteiger partial charge in [-0.25, -0.2) is 39.4 Å². The van der Waals surface area contributed by atoms with Gasteiger partial charge in [-0.05, 0) is 148 Å². The van der Waals surface area contributed by atoms with E-state index >= 15 is 0 Å². The van der Waals surface area contributed by atoms with Crippen molar-refractivity contribution < 1.29 is 86.5 Å². The second kappa shape index (κ2) is 46.3. The molecule has 4 saturated heterocycles. The molecule has 0 radical (unpaired) electrons. The lowest BCUT2D eigenvalue weighted by atomic mass is 9.78. The zero-order chi connectivity index (χ0) is 97.6. The average molecular weight is 1910 g/mol. The van der Waals surface area contributed by atoms with E-state index in [4.69, 9.17) is 74.1 Å². The number of rotatable bonds is 22. The Hall–Kier alpha value is -11.1. The summed E-state index contributed by atoms with van der Waals surface area (Å²) in [7, 11) is 6.27. The molecule has 138 heavy (non-hydrogen) atoms. The van der Waals surface area contributed by atoms with Gasteiger partial charge in [-0.2, -0.15) is 10.1 Å². The minimum atomic E-state index is -2.45. The Labute approximate surface area is 806 Å². The Balaban J connectivity index is 0.513. The number of aliphatic hydroxyl groups excluding tert-OH is 2. The number of hydrogen-bond acceptors (Lipinski definition) is 32. The maximum Gasteiger partial charge on any atom is 0.329 e. The number of aliphatic hydroxyl groups is 3. The third-order valence-corrected chi connectivity index (χ3v) is 29.2. The highest BCUT2D eigenvalue weighted by molar-refractivity contribution is 6.39. The van der Waals surface area contributed by atoms with Crippen LogP contribution in [0.4, 0.5) is 23.7 Å². The molecule has 4 amide bonds. The summed E-state index contributed by atoms with van der Waals surface area (Å²) in [6.45, 7) is 21.8. The van der Waals surface area contributed by atoms with E-state index in [1.54, 1.807) is 64.7 Å². The summed E-state index contributed by atoms with van der Waals surface area (Å²) < 4.78 is 50.4. The Morgan fingerprint density at radius 3 is 2.22 bits per heavy atom. The highest BCUT2D eigenvalue weighted by Crippen LogP contribution is 2.41. The maximum atomic E-state index is 14.9. The number of carbonyl (C=O) groups excluding carboxylic acids is 6. The SMILES string of the molecule is CO[C@H]1C[C@@H]2CC[C@@H](C)[C@@](O)(O2)C(=O)C(=O)N2CCCC[C@H]2C(=O)O[C@H]([C@H](C)C[C@@H]2CC[C@@H](O)[C@H](OC)C2)C[C@@H](OC)[C@H](C)/C=C(\C)[C@@H](O)[C@@H](OC)/C(=N/OCC(=O)N2CCc3nc(N4CCN(C(=O)CCOCCN5CCN(c6ncc(C(=O)N7CCc8cc(Cn9nc(-c%10ccc%11oc(N)nc%11c%10)c%10c(N)ncnc%109)ccc8C7)cn6)CC5)CC4)ncc3C2)[C@H](C)C[C@H](C)/C=C/C=C/C=C/1C. The molecule has 8 aliphatic rings. The van der Waals surface area contributed by atoms with Crippen LogP contribution in [0, 0.1) is 35.5 Å². The molecule has 7 aromatic rings. The third-order valence-electron chi connectivity index (χ3n) is 29.2. The minimum Gasteiger partial charge on any atom is -0.460 e. The molecule has 2 aromatic carbocycles. The second-order valence-corrected chi connectivity index (χ2v) is 38.7. The lowest BCUT2D eigenvalue weighted by Gasteiger charge is -2.43. The molecule has 16 atom stereocenters. The fraction of sp³-hybridized carbons (Fsp3) is 0.594. The molecule has 0 spiro atoms. The van der Waals surface area contributed by atoms with Crippen LogP contribution in [-0.4, -0.2) is 313 Å². The molecule has 5 fully saturated rings. The lowest BCUT2D eigenvalue weighted by molar-refractivity contribution is -0.265. The first kappa shape index (κ1) is 101. The number of methoxy groups -OCH3 is 4. The van der Waals surface area contributed by atoms with Crippen LogP contribution in [-0.2, 0) is 94.4 Å². The van der Waals surface area contributed by atoms with E-state index in [0.29, 0.717) is 218 Å². The number of nitrogens with zero attached hydrogens (tertiary/aromatic N) is 17. The lowest BCUT2D eigenvalue weighted by Crippen LogP contribution is -2.61. The number of cyclic esters (lactones) is 1. The van der Waals surface area contributed by atoms with Gasteiger partial charge in [0.05, 0.1) is 79.1 Å². The van der Waals surface area contributed by atoms with Gasteiger partial charge in [0.15, 0.2) is 17.8 Å². The fourth-order valence-corrected chi connectivity index (χ4v) is 20.8. The second-order valence-electron chi connectivity index (χ2n) is 38.7. The van der Waals surface area contributed by atoms with Crippen LogP contribution in [0.2, 0.25) is 0 Å². The van der Waals surface area contributed by atoms with Crippen molar-refractivity contribution in [2.45, 2.75) is 225 Å². The minimum absolute atomic E-state index is 0.0276. The number of anilines is 4. The first-order chi connectivity index (χ1) is 66.5. The van der Waals surface area contributed by atoms with Crippen LogP contribution >= 0.6 is 0 Å². The van der Waals surface area contributed by atoms with E-state index in [1.165, 1.54) is 18.3 Å². The average Bonchev–Trinajstić information content (AvgIpc) is 1.70. The van der Waals surface area contributed by atoms with E-state index in [0.717, 1.165) is 58.6 Å². The van der Waals surface area contributed by atoms with Gasteiger partial charge in [0.2, 0.25) is 23.6 Å². The number of amides is 4. The van der Waals surface area contributed by atoms with E-state index in [1.807, 2.05) is 84.7 Å². The maximum absolute atomic E-state index is 14.9. The molecule has 2 bridgehead atoms. The van der Waals surface area contributed by atoms with Gasteiger partial charge in [0.1, 0.15) is 47.7 Å². The number of fused-ring (bicyclic) bond motifs is 7. The number of benzene rings is 2. The van der Waals surface area contributed by atoms with Crippen LogP contribution in [0.15, 0.2) is 118 Å². The molecule has 0 unspecified atom stereocenters. The van der Waals surface area contributed by atoms with Crippen molar-refractivity contribution in [2.75, 3.05) is 148 Å². The molecule has 5 aromatic heterocycles. The molecule has 1 saturated carbocycles. The van der Waals surface area contributed by atoms with E-state index in [-0.39, 0.29) is 85.9 Å². The summed E-state index contributed by atoms with van der Waals surface area (Å²) >= 11 is 0. The van der Waals surface area contributed by atoms with Gasteiger partial charge in [-0.1, -0.05) is 94.4 Å². The number of allylic oxidation sites excluding steroid dienone is 5. The topological polar surface area (TPSA) is 445 Å². The third kappa shape index (κ3) is 24.1. The Kier molecular flexibility index (Phi) is 34.0. The van der Waals surface area contributed by atoms with Crippen LogP contribution in [0.5, 0.6) is 0 Å². The van der Waals surface area contributed by atoms with Gasteiger partial charge >= 0.3 is 5.97 Å². The van der Waals surface area contributed by atoms with Crippen molar-refractivity contribution in [1.82, 2.24) is 69.2 Å². The number of piperidine rings is 1.